The van der Waals surface area contributed by atoms with Crippen LogP contribution in [0.5, 0.6) is 0 Å². The van der Waals surface area contributed by atoms with Crippen molar-refractivity contribution in [1.29, 1.82) is 15.8 Å². The minimum Gasteiger partial charge on any atom is -0.427 e. The highest BCUT2D eigenvalue weighted by atomic mass is 16.5. The Morgan fingerprint density at radius 2 is 0.905 bits per heavy atom. The molecule has 0 heterocycles. The van der Waals surface area contributed by atoms with Crippen LogP contribution in [0.25, 0.3) is 0 Å². The Hall–Kier alpha value is -2.13. The first-order valence-electron chi connectivity index (χ1n) is 6.83. The van der Waals surface area contributed by atoms with E-state index >= 15 is 0 Å². The van der Waals surface area contributed by atoms with Crippen molar-refractivity contribution in [3.05, 3.63) is 0 Å². The number of nitrogens with zero attached hydrogens (tertiary/aromatic N) is 3. The average Bonchev–Trinajstić information content (AvgIpc) is 2.39. The van der Waals surface area contributed by atoms with Crippen molar-refractivity contribution in [2.24, 2.45) is 16.2 Å². The molecule has 1 aliphatic rings. The van der Waals surface area contributed by atoms with Crippen molar-refractivity contribution in [2.75, 3.05) is 19.8 Å². The molecule has 114 valence electrons. The second-order valence-corrected chi connectivity index (χ2v) is 7.10. The number of hydrogen-bond acceptors (Lipinski definition) is 6. The molecule has 0 saturated heterocycles. The van der Waals surface area contributed by atoms with Crippen LogP contribution in [0, 0.1) is 50.8 Å². The standard InChI is InChI=1S/C15H21N3O3/c1-13(7-19-10-16)4-14(2,8-20-11-17)6-15(3,5-13)9-21-12-18/h4-9H2,1-3H3. The Morgan fingerprint density at radius 3 is 1.10 bits per heavy atom. The molecule has 1 aliphatic carbocycles. The molecule has 0 N–H and O–H groups in total. The summed E-state index contributed by atoms with van der Waals surface area (Å²) < 4.78 is 14.9. The van der Waals surface area contributed by atoms with E-state index in [9.17, 15) is 0 Å². The summed E-state index contributed by atoms with van der Waals surface area (Å²) in [5.74, 6) is 0. The molecule has 1 saturated carbocycles. The Balaban J connectivity index is 2.95. The van der Waals surface area contributed by atoms with Gasteiger partial charge in [-0.05, 0) is 19.3 Å². The quantitative estimate of drug-likeness (QED) is 0.697. The van der Waals surface area contributed by atoms with Crippen LogP contribution < -0.4 is 0 Å². The molecule has 1 rings (SSSR count). The van der Waals surface area contributed by atoms with Gasteiger partial charge in [0.05, 0.1) is 0 Å². The smallest absolute Gasteiger partial charge is 0.286 e. The summed E-state index contributed by atoms with van der Waals surface area (Å²) in [6.45, 7) is 7.10. The fourth-order valence-corrected chi connectivity index (χ4v) is 4.20. The zero-order chi connectivity index (χ0) is 16.0. The molecule has 0 aromatic rings. The summed E-state index contributed by atoms with van der Waals surface area (Å²) in [6, 6.07) is 0. The van der Waals surface area contributed by atoms with Crippen molar-refractivity contribution >= 4 is 0 Å². The second kappa shape index (κ2) is 6.55. The topological polar surface area (TPSA) is 99.1 Å². The van der Waals surface area contributed by atoms with Gasteiger partial charge in [-0.3, -0.25) is 0 Å². The van der Waals surface area contributed by atoms with E-state index in [1.807, 2.05) is 0 Å². The van der Waals surface area contributed by atoms with Gasteiger partial charge in [0, 0.05) is 16.2 Å². The van der Waals surface area contributed by atoms with Crippen molar-refractivity contribution in [3.8, 4) is 18.8 Å². The molecule has 21 heavy (non-hydrogen) atoms. The van der Waals surface area contributed by atoms with Crippen LogP contribution in [-0.4, -0.2) is 19.8 Å². The van der Waals surface area contributed by atoms with Crippen molar-refractivity contribution < 1.29 is 14.2 Å². The van der Waals surface area contributed by atoms with Gasteiger partial charge in [-0.1, -0.05) is 20.8 Å². The Kier molecular flexibility index (Phi) is 5.28. The van der Waals surface area contributed by atoms with E-state index in [1.165, 1.54) is 0 Å². The number of hydrogen-bond donors (Lipinski definition) is 0. The summed E-state index contributed by atoms with van der Waals surface area (Å²) in [7, 11) is 0. The SMILES string of the molecule is CC1(COC#N)CC(C)(COC#N)CC(C)(COC#N)C1. The molecular formula is C15H21N3O3. The summed E-state index contributed by atoms with van der Waals surface area (Å²) in [6.07, 6.45) is 7.49. The zero-order valence-corrected chi connectivity index (χ0v) is 12.8. The van der Waals surface area contributed by atoms with Gasteiger partial charge >= 0.3 is 0 Å². The largest absolute Gasteiger partial charge is 0.427 e. The highest BCUT2D eigenvalue weighted by Gasteiger charge is 2.50. The molecule has 0 amide bonds. The van der Waals surface area contributed by atoms with Gasteiger partial charge < -0.3 is 14.2 Å². The van der Waals surface area contributed by atoms with E-state index in [2.05, 4.69) is 20.8 Å². The predicted molar refractivity (Wildman–Crippen MR) is 72.9 cm³/mol. The summed E-state index contributed by atoms with van der Waals surface area (Å²) in [4.78, 5) is 0. The number of ether oxygens (including phenoxy) is 3. The van der Waals surface area contributed by atoms with Gasteiger partial charge in [0.25, 0.3) is 18.8 Å². The van der Waals surface area contributed by atoms with Crippen LogP contribution in [0.4, 0.5) is 0 Å². The monoisotopic (exact) mass is 291 g/mol. The summed E-state index contributed by atoms with van der Waals surface area (Å²) >= 11 is 0. The van der Waals surface area contributed by atoms with E-state index in [4.69, 9.17) is 30.0 Å². The molecule has 0 aromatic carbocycles. The fourth-order valence-electron chi connectivity index (χ4n) is 4.20. The third kappa shape index (κ3) is 4.72. The maximum Gasteiger partial charge on any atom is 0.286 e. The van der Waals surface area contributed by atoms with Gasteiger partial charge in [-0.25, -0.2) is 0 Å². The Bertz CT molecular complexity index is 407. The van der Waals surface area contributed by atoms with E-state index in [0.717, 1.165) is 19.3 Å². The van der Waals surface area contributed by atoms with Crippen LogP contribution in [0.2, 0.25) is 0 Å². The maximum atomic E-state index is 8.65. The van der Waals surface area contributed by atoms with Gasteiger partial charge in [0.15, 0.2) is 0 Å². The normalized spacial score (nSPS) is 34.9. The Labute approximate surface area is 125 Å². The first-order chi connectivity index (χ1) is 9.80. The highest BCUT2D eigenvalue weighted by Crippen LogP contribution is 2.54. The molecule has 0 radical (unpaired) electrons. The lowest BCUT2D eigenvalue weighted by molar-refractivity contribution is -0.0798. The Morgan fingerprint density at radius 1 is 0.667 bits per heavy atom. The third-order valence-corrected chi connectivity index (χ3v) is 4.02. The zero-order valence-electron chi connectivity index (χ0n) is 12.8. The van der Waals surface area contributed by atoms with Crippen LogP contribution >= 0.6 is 0 Å². The molecule has 0 aliphatic heterocycles. The van der Waals surface area contributed by atoms with E-state index in [1.54, 1.807) is 18.8 Å². The van der Waals surface area contributed by atoms with E-state index in [-0.39, 0.29) is 16.2 Å². The molecule has 1 fully saturated rings. The summed E-state index contributed by atoms with van der Waals surface area (Å²) in [5.41, 5.74) is -0.681. The van der Waals surface area contributed by atoms with Crippen molar-refractivity contribution in [3.63, 3.8) is 0 Å². The van der Waals surface area contributed by atoms with Gasteiger partial charge in [0.2, 0.25) is 0 Å². The first-order valence-corrected chi connectivity index (χ1v) is 6.83. The van der Waals surface area contributed by atoms with Crippen molar-refractivity contribution in [2.45, 2.75) is 40.0 Å². The average molecular weight is 291 g/mol. The fraction of sp³-hybridized carbons (Fsp3) is 0.800. The summed E-state index contributed by atoms with van der Waals surface area (Å²) in [5, 5.41) is 25.9. The highest BCUT2D eigenvalue weighted by molar-refractivity contribution is 4.99. The van der Waals surface area contributed by atoms with Crippen LogP contribution in [0.15, 0.2) is 0 Å². The molecule has 0 atom stereocenters. The number of rotatable bonds is 6. The molecule has 0 unspecified atom stereocenters. The lowest BCUT2D eigenvalue weighted by Crippen LogP contribution is -2.47. The first kappa shape index (κ1) is 16.9. The van der Waals surface area contributed by atoms with E-state index < -0.39 is 0 Å². The second-order valence-electron chi connectivity index (χ2n) is 7.10. The molecule has 0 aromatic heterocycles. The lowest BCUT2D eigenvalue weighted by Gasteiger charge is -2.51. The van der Waals surface area contributed by atoms with Crippen LogP contribution in [-0.2, 0) is 14.2 Å². The van der Waals surface area contributed by atoms with Crippen LogP contribution in [0.1, 0.15) is 40.0 Å². The molecule has 0 bridgehead atoms. The molecular weight excluding hydrogens is 270 g/mol. The van der Waals surface area contributed by atoms with Gasteiger partial charge in [-0.15, -0.1) is 0 Å². The van der Waals surface area contributed by atoms with Crippen molar-refractivity contribution in [1.82, 2.24) is 0 Å². The molecule has 6 heteroatoms. The minimum absolute atomic E-state index is 0.227. The van der Waals surface area contributed by atoms with Gasteiger partial charge in [-0.2, -0.15) is 15.8 Å². The van der Waals surface area contributed by atoms with Gasteiger partial charge in [0.1, 0.15) is 19.8 Å². The molecule has 6 nitrogen and oxygen atoms in total. The maximum absolute atomic E-state index is 8.65. The number of nitriles is 3. The minimum atomic E-state index is -0.227. The van der Waals surface area contributed by atoms with E-state index in [0.29, 0.717) is 19.8 Å². The lowest BCUT2D eigenvalue weighted by atomic mass is 9.55. The van der Waals surface area contributed by atoms with Crippen LogP contribution in [0.3, 0.4) is 0 Å². The molecule has 0 spiro atoms. The third-order valence-electron chi connectivity index (χ3n) is 4.02. The predicted octanol–water partition coefficient (Wildman–Crippen LogP) is 2.68.